The van der Waals surface area contributed by atoms with Crippen LogP contribution in [0.1, 0.15) is 18.4 Å². The standard InChI is InChI=1S/C14H14O3/c1-9-6-14(15)17-13-7-11(4-5-12(9)13)16-8-10-2-3-10/h4-7,10H,2-3,8H2,1H3. The van der Waals surface area contributed by atoms with Crippen LogP contribution in [0.4, 0.5) is 0 Å². The first kappa shape index (κ1) is 10.4. The van der Waals surface area contributed by atoms with Crippen LogP contribution in [0.15, 0.2) is 33.5 Å². The van der Waals surface area contributed by atoms with Crippen molar-refractivity contribution >= 4 is 11.0 Å². The molecule has 1 heterocycles. The Balaban J connectivity index is 1.96. The van der Waals surface area contributed by atoms with Gasteiger partial charge in [0.2, 0.25) is 0 Å². The van der Waals surface area contributed by atoms with Gasteiger partial charge in [0.1, 0.15) is 11.3 Å². The van der Waals surface area contributed by atoms with E-state index in [1.807, 2.05) is 19.1 Å². The molecule has 1 aromatic carbocycles. The Hall–Kier alpha value is -1.77. The summed E-state index contributed by atoms with van der Waals surface area (Å²) >= 11 is 0. The zero-order valence-corrected chi connectivity index (χ0v) is 9.73. The molecule has 0 aliphatic heterocycles. The first-order valence-corrected chi connectivity index (χ1v) is 5.90. The van der Waals surface area contributed by atoms with Crippen LogP contribution < -0.4 is 10.4 Å². The number of fused-ring (bicyclic) bond motifs is 1. The molecule has 0 atom stereocenters. The van der Waals surface area contributed by atoms with Gasteiger partial charge >= 0.3 is 5.63 Å². The number of aryl methyl sites for hydroxylation is 1. The largest absolute Gasteiger partial charge is 0.493 e. The van der Waals surface area contributed by atoms with Gasteiger partial charge in [0.25, 0.3) is 0 Å². The maximum absolute atomic E-state index is 11.3. The number of ether oxygens (including phenoxy) is 1. The molecule has 0 radical (unpaired) electrons. The third-order valence-corrected chi connectivity index (χ3v) is 3.11. The van der Waals surface area contributed by atoms with Gasteiger partial charge in [0.05, 0.1) is 6.61 Å². The Morgan fingerprint density at radius 3 is 2.94 bits per heavy atom. The lowest BCUT2D eigenvalue weighted by molar-refractivity contribution is 0.299. The summed E-state index contributed by atoms with van der Waals surface area (Å²) in [5.74, 6) is 1.49. The van der Waals surface area contributed by atoms with Gasteiger partial charge in [0, 0.05) is 17.5 Å². The highest BCUT2D eigenvalue weighted by atomic mass is 16.5. The van der Waals surface area contributed by atoms with Crippen molar-refractivity contribution in [1.29, 1.82) is 0 Å². The molecule has 88 valence electrons. The van der Waals surface area contributed by atoms with Crippen LogP contribution in [0, 0.1) is 12.8 Å². The van der Waals surface area contributed by atoms with E-state index < -0.39 is 0 Å². The molecular formula is C14H14O3. The van der Waals surface area contributed by atoms with Gasteiger partial charge in [-0.3, -0.25) is 0 Å². The van der Waals surface area contributed by atoms with Crippen molar-refractivity contribution in [2.75, 3.05) is 6.61 Å². The second kappa shape index (κ2) is 3.91. The fraction of sp³-hybridized carbons (Fsp3) is 0.357. The molecule has 0 bridgehead atoms. The minimum Gasteiger partial charge on any atom is -0.493 e. The molecule has 0 saturated heterocycles. The van der Waals surface area contributed by atoms with Crippen molar-refractivity contribution in [3.8, 4) is 5.75 Å². The first-order valence-electron chi connectivity index (χ1n) is 5.90. The van der Waals surface area contributed by atoms with Gasteiger partial charge in [-0.2, -0.15) is 0 Å². The Labute approximate surface area is 99.0 Å². The molecule has 3 heteroatoms. The van der Waals surface area contributed by atoms with Gasteiger partial charge in [-0.15, -0.1) is 0 Å². The molecule has 1 aliphatic carbocycles. The Morgan fingerprint density at radius 2 is 2.18 bits per heavy atom. The molecule has 3 rings (SSSR count). The van der Waals surface area contributed by atoms with Crippen LogP contribution in [0.2, 0.25) is 0 Å². The molecule has 0 amide bonds. The average Bonchev–Trinajstić information content (AvgIpc) is 3.09. The average molecular weight is 230 g/mol. The molecule has 0 N–H and O–H groups in total. The minimum atomic E-state index is -0.311. The van der Waals surface area contributed by atoms with E-state index in [9.17, 15) is 4.79 Å². The molecular weight excluding hydrogens is 216 g/mol. The van der Waals surface area contributed by atoms with Gasteiger partial charge in [-0.1, -0.05) is 0 Å². The summed E-state index contributed by atoms with van der Waals surface area (Å²) in [6, 6.07) is 7.17. The molecule has 3 nitrogen and oxygen atoms in total. The van der Waals surface area contributed by atoms with Crippen LogP contribution in [-0.2, 0) is 0 Å². The summed E-state index contributed by atoms with van der Waals surface area (Å²) in [6.45, 7) is 2.67. The third kappa shape index (κ3) is 2.18. The minimum absolute atomic E-state index is 0.311. The molecule has 1 saturated carbocycles. The highest BCUT2D eigenvalue weighted by molar-refractivity contribution is 5.81. The SMILES string of the molecule is Cc1cc(=O)oc2cc(OCC3CC3)ccc12. The maximum Gasteiger partial charge on any atom is 0.336 e. The second-order valence-electron chi connectivity index (χ2n) is 4.66. The highest BCUT2D eigenvalue weighted by Crippen LogP contribution is 2.30. The Morgan fingerprint density at radius 1 is 1.35 bits per heavy atom. The number of hydrogen-bond donors (Lipinski definition) is 0. The van der Waals surface area contributed by atoms with Crippen molar-refractivity contribution < 1.29 is 9.15 Å². The lowest BCUT2D eigenvalue weighted by atomic mass is 10.1. The zero-order valence-electron chi connectivity index (χ0n) is 9.73. The van der Waals surface area contributed by atoms with Crippen molar-refractivity contribution in [3.05, 3.63) is 40.2 Å². The van der Waals surface area contributed by atoms with E-state index in [-0.39, 0.29) is 5.63 Å². The van der Waals surface area contributed by atoms with Crippen LogP contribution >= 0.6 is 0 Å². The van der Waals surface area contributed by atoms with E-state index in [1.54, 1.807) is 6.07 Å². The molecule has 2 aromatic rings. The number of benzene rings is 1. The van der Waals surface area contributed by atoms with Crippen LogP contribution in [0.5, 0.6) is 5.75 Å². The normalized spacial score (nSPS) is 15.1. The summed E-state index contributed by atoms with van der Waals surface area (Å²) in [6.07, 6.45) is 2.53. The van der Waals surface area contributed by atoms with Gasteiger partial charge in [0.15, 0.2) is 0 Å². The Kier molecular flexibility index (Phi) is 2.39. The molecule has 17 heavy (non-hydrogen) atoms. The van der Waals surface area contributed by atoms with Crippen molar-refractivity contribution in [3.63, 3.8) is 0 Å². The summed E-state index contributed by atoms with van der Waals surface area (Å²) < 4.78 is 10.8. The van der Waals surface area contributed by atoms with Gasteiger partial charge < -0.3 is 9.15 Å². The monoisotopic (exact) mass is 230 g/mol. The van der Waals surface area contributed by atoms with E-state index >= 15 is 0 Å². The summed E-state index contributed by atoms with van der Waals surface area (Å²) in [5.41, 5.74) is 1.22. The summed E-state index contributed by atoms with van der Waals surface area (Å²) in [5, 5.41) is 0.961. The lowest BCUT2D eigenvalue weighted by Crippen LogP contribution is -2.00. The van der Waals surface area contributed by atoms with Crippen molar-refractivity contribution in [1.82, 2.24) is 0 Å². The quantitative estimate of drug-likeness (QED) is 0.761. The van der Waals surface area contributed by atoms with E-state index in [4.69, 9.17) is 9.15 Å². The predicted molar refractivity (Wildman–Crippen MR) is 65.4 cm³/mol. The molecule has 0 unspecified atom stereocenters. The Bertz CT molecular complexity index is 608. The number of rotatable bonds is 3. The highest BCUT2D eigenvalue weighted by Gasteiger charge is 2.21. The summed E-state index contributed by atoms with van der Waals surface area (Å²) in [4.78, 5) is 11.3. The summed E-state index contributed by atoms with van der Waals surface area (Å²) in [7, 11) is 0. The van der Waals surface area contributed by atoms with E-state index in [0.29, 0.717) is 5.58 Å². The van der Waals surface area contributed by atoms with E-state index in [1.165, 1.54) is 18.9 Å². The smallest absolute Gasteiger partial charge is 0.336 e. The molecule has 0 spiro atoms. The van der Waals surface area contributed by atoms with E-state index in [0.717, 1.165) is 29.2 Å². The van der Waals surface area contributed by atoms with Crippen molar-refractivity contribution in [2.45, 2.75) is 19.8 Å². The number of hydrogen-bond acceptors (Lipinski definition) is 3. The predicted octanol–water partition coefficient (Wildman–Crippen LogP) is 2.89. The topological polar surface area (TPSA) is 39.4 Å². The van der Waals surface area contributed by atoms with Crippen LogP contribution in [0.25, 0.3) is 11.0 Å². The second-order valence-corrected chi connectivity index (χ2v) is 4.66. The zero-order chi connectivity index (χ0) is 11.8. The van der Waals surface area contributed by atoms with Gasteiger partial charge in [-0.05, 0) is 43.4 Å². The fourth-order valence-corrected chi connectivity index (χ4v) is 1.89. The van der Waals surface area contributed by atoms with E-state index in [2.05, 4.69) is 0 Å². The molecule has 1 aromatic heterocycles. The molecule has 1 aliphatic rings. The molecule has 1 fully saturated rings. The first-order chi connectivity index (χ1) is 8.22. The van der Waals surface area contributed by atoms with Gasteiger partial charge in [-0.25, -0.2) is 4.79 Å². The van der Waals surface area contributed by atoms with Crippen LogP contribution in [0.3, 0.4) is 0 Å². The lowest BCUT2D eigenvalue weighted by Gasteiger charge is -2.06. The fourth-order valence-electron chi connectivity index (χ4n) is 1.89. The van der Waals surface area contributed by atoms with Crippen molar-refractivity contribution in [2.24, 2.45) is 5.92 Å². The third-order valence-electron chi connectivity index (χ3n) is 3.11. The maximum atomic E-state index is 11.3. The van der Waals surface area contributed by atoms with Crippen LogP contribution in [-0.4, -0.2) is 6.61 Å².